The Labute approximate surface area is 117 Å². The van der Waals surface area contributed by atoms with E-state index >= 15 is 0 Å². The molecule has 0 unspecified atom stereocenters. The van der Waals surface area contributed by atoms with Crippen LogP contribution in [0.4, 0.5) is 5.95 Å². The van der Waals surface area contributed by atoms with E-state index in [2.05, 4.69) is 9.97 Å². The fourth-order valence-electron chi connectivity index (χ4n) is 2.20. The molecular formula is C12H18BN3O4. The lowest BCUT2D eigenvalue weighted by molar-refractivity contribution is -0.148. The molecular weight excluding hydrogens is 261 g/mol. The third kappa shape index (κ3) is 3.46. The van der Waals surface area contributed by atoms with Gasteiger partial charge in [-0.05, 0) is 19.8 Å². The van der Waals surface area contributed by atoms with Crippen LogP contribution in [0.2, 0.25) is 0 Å². The highest BCUT2D eigenvalue weighted by atomic mass is 16.5. The van der Waals surface area contributed by atoms with Crippen molar-refractivity contribution >= 4 is 24.5 Å². The Morgan fingerprint density at radius 2 is 2.00 bits per heavy atom. The van der Waals surface area contributed by atoms with Crippen LogP contribution in [0.1, 0.15) is 19.8 Å². The predicted molar refractivity (Wildman–Crippen MR) is 73.4 cm³/mol. The number of hydrogen-bond donors (Lipinski definition) is 2. The van der Waals surface area contributed by atoms with Crippen LogP contribution in [-0.4, -0.2) is 52.8 Å². The van der Waals surface area contributed by atoms with Gasteiger partial charge >= 0.3 is 13.1 Å². The normalized spacial score (nSPS) is 16.1. The summed E-state index contributed by atoms with van der Waals surface area (Å²) in [5.41, 5.74) is 0.259. The molecule has 108 valence electrons. The highest BCUT2D eigenvalue weighted by molar-refractivity contribution is 6.58. The first kappa shape index (κ1) is 14.7. The number of aromatic nitrogens is 2. The lowest BCUT2D eigenvalue weighted by Crippen LogP contribution is -2.38. The van der Waals surface area contributed by atoms with E-state index in [-0.39, 0.29) is 17.4 Å². The van der Waals surface area contributed by atoms with E-state index in [4.69, 9.17) is 14.8 Å². The van der Waals surface area contributed by atoms with E-state index in [1.54, 1.807) is 6.92 Å². The lowest BCUT2D eigenvalue weighted by Gasteiger charge is -2.30. The fraction of sp³-hybridized carbons (Fsp3) is 0.583. The van der Waals surface area contributed by atoms with Gasteiger partial charge in [-0.15, -0.1) is 0 Å². The zero-order valence-electron chi connectivity index (χ0n) is 11.4. The van der Waals surface area contributed by atoms with E-state index in [0.29, 0.717) is 38.5 Å². The number of carbonyl (C=O) groups is 1. The minimum Gasteiger partial charge on any atom is -0.466 e. The molecule has 0 aromatic carbocycles. The Bertz CT molecular complexity index is 447. The number of esters is 1. The van der Waals surface area contributed by atoms with Gasteiger partial charge in [0, 0.05) is 30.9 Å². The Morgan fingerprint density at radius 1 is 1.40 bits per heavy atom. The molecule has 1 aromatic rings. The van der Waals surface area contributed by atoms with Gasteiger partial charge in [0.2, 0.25) is 5.95 Å². The fourth-order valence-corrected chi connectivity index (χ4v) is 2.20. The first-order valence-electron chi connectivity index (χ1n) is 6.71. The molecule has 0 aliphatic carbocycles. The van der Waals surface area contributed by atoms with Crippen molar-refractivity contribution in [2.75, 3.05) is 24.6 Å². The Balaban J connectivity index is 1.91. The number of hydrogen-bond acceptors (Lipinski definition) is 7. The lowest BCUT2D eigenvalue weighted by atomic mass is 9.83. The van der Waals surface area contributed by atoms with Crippen molar-refractivity contribution in [3.05, 3.63) is 12.4 Å². The van der Waals surface area contributed by atoms with Crippen LogP contribution in [0.5, 0.6) is 0 Å². The molecule has 0 spiro atoms. The summed E-state index contributed by atoms with van der Waals surface area (Å²) in [5, 5.41) is 18.0. The molecule has 1 aromatic heterocycles. The minimum atomic E-state index is -1.56. The maximum atomic E-state index is 11.6. The minimum absolute atomic E-state index is 0.0512. The molecule has 7 nitrogen and oxygen atoms in total. The van der Waals surface area contributed by atoms with Crippen LogP contribution in [0.25, 0.3) is 0 Å². The van der Waals surface area contributed by atoms with Gasteiger partial charge in [0.05, 0.1) is 12.5 Å². The first-order chi connectivity index (χ1) is 9.61. The number of carbonyl (C=O) groups excluding carboxylic acids is 1. The average molecular weight is 279 g/mol. The Morgan fingerprint density at radius 3 is 2.50 bits per heavy atom. The summed E-state index contributed by atoms with van der Waals surface area (Å²) in [5.74, 6) is 0.355. The number of piperidine rings is 1. The summed E-state index contributed by atoms with van der Waals surface area (Å²) < 4.78 is 5.02. The Kier molecular flexibility index (Phi) is 4.91. The van der Waals surface area contributed by atoms with Gasteiger partial charge in [-0.3, -0.25) is 4.79 Å². The molecule has 8 heteroatoms. The maximum absolute atomic E-state index is 11.6. The molecule has 1 fully saturated rings. The molecule has 20 heavy (non-hydrogen) atoms. The number of anilines is 1. The second kappa shape index (κ2) is 6.67. The van der Waals surface area contributed by atoms with Crippen molar-refractivity contribution in [1.82, 2.24) is 9.97 Å². The van der Waals surface area contributed by atoms with Gasteiger partial charge in [0.15, 0.2) is 0 Å². The molecule has 0 saturated carbocycles. The highest BCUT2D eigenvalue weighted by Crippen LogP contribution is 2.21. The quantitative estimate of drug-likeness (QED) is 0.535. The highest BCUT2D eigenvalue weighted by Gasteiger charge is 2.27. The van der Waals surface area contributed by atoms with Crippen LogP contribution in [0.15, 0.2) is 12.4 Å². The van der Waals surface area contributed by atoms with Gasteiger partial charge in [-0.1, -0.05) is 0 Å². The van der Waals surface area contributed by atoms with Crippen LogP contribution in [0, 0.1) is 5.92 Å². The summed E-state index contributed by atoms with van der Waals surface area (Å²) >= 11 is 0. The van der Waals surface area contributed by atoms with E-state index in [9.17, 15) is 4.79 Å². The monoisotopic (exact) mass is 279 g/mol. The summed E-state index contributed by atoms with van der Waals surface area (Å²) in [4.78, 5) is 21.8. The molecule has 1 aliphatic rings. The van der Waals surface area contributed by atoms with Crippen molar-refractivity contribution in [2.24, 2.45) is 5.92 Å². The van der Waals surface area contributed by atoms with E-state index in [0.717, 1.165) is 0 Å². The summed E-state index contributed by atoms with van der Waals surface area (Å²) in [7, 11) is -1.56. The zero-order chi connectivity index (χ0) is 14.5. The average Bonchev–Trinajstić information content (AvgIpc) is 2.48. The molecule has 2 N–H and O–H groups in total. The van der Waals surface area contributed by atoms with Gasteiger partial charge in [0.25, 0.3) is 0 Å². The van der Waals surface area contributed by atoms with E-state index < -0.39 is 7.12 Å². The molecule has 2 heterocycles. The summed E-state index contributed by atoms with van der Waals surface area (Å²) in [6.45, 7) is 3.58. The maximum Gasteiger partial charge on any atom is 0.491 e. The van der Waals surface area contributed by atoms with Crippen LogP contribution in [0.3, 0.4) is 0 Å². The van der Waals surface area contributed by atoms with Gasteiger partial charge in [0.1, 0.15) is 0 Å². The van der Waals surface area contributed by atoms with Crippen LogP contribution < -0.4 is 10.4 Å². The molecule has 0 atom stereocenters. The molecule has 0 amide bonds. The smallest absolute Gasteiger partial charge is 0.466 e. The second-order valence-corrected chi connectivity index (χ2v) is 4.70. The van der Waals surface area contributed by atoms with Gasteiger partial charge in [-0.25, -0.2) is 9.97 Å². The second-order valence-electron chi connectivity index (χ2n) is 4.70. The number of ether oxygens (including phenoxy) is 1. The standard InChI is InChI=1S/C12H18BN3O4/c1-2-20-11(17)9-3-5-16(6-4-9)12-14-7-10(8-15-12)13(18)19/h7-9,18-19H,2-6H2,1H3. The largest absolute Gasteiger partial charge is 0.491 e. The summed E-state index contributed by atoms with van der Waals surface area (Å²) in [6.07, 6.45) is 4.22. The molecule has 0 radical (unpaired) electrons. The molecule has 2 rings (SSSR count). The van der Waals surface area contributed by atoms with Crippen molar-refractivity contribution < 1.29 is 19.6 Å². The van der Waals surface area contributed by atoms with Crippen LogP contribution >= 0.6 is 0 Å². The third-order valence-electron chi connectivity index (χ3n) is 3.35. The molecule has 1 saturated heterocycles. The number of rotatable bonds is 4. The summed E-state index contributed by atoms with van der Waals surface area (Å²) in [6, 6.07) is 0. The topological polar surface area (TPSA) is 95.8 Å². The van der Waals surface area contributed by atoms with Gasteiger partial charge in [-0.2, -0.15) is 0 Å². The van der Waals surface area contributed by atoms with Gasteiger partial charge < -0.3 is 19.7 Å². The first-order valence-corrected chi connectivity index (χ1v) is 6.71. The van der Waals surface area contributed by atoms with Crippen molar-refractivity contribution in [2.45, 2.75) is 19.8 Å². The van der Waals surface area contributed by atoms with Crippen molar-refractivity contribution in [3.63, 3.8) is 0 Å². The van der Waals surface area contributed by atoms with E-state index in [1.807, 2.05) is 4.90 Å². The molecule has 0 bridgehead atoms. The van der Waals surface area contributed by atoms with Crippen molar-refractivity contribution in [1.29, 1.82) is 0 Å². The number of nitrogens with zero attached hydrogens (tertiary/aromatic N) is 3. The van der Waals surface area contributed by atoms with E-state index in [1.165, 1.54) is 12.4 Å². The van der Waals surface area contributed by atoms with Crippen LogP contribution in [-0.2, 0) is 9.53 Å². The Hall–Kier alpha value is -1.67. The predicted octanol–water partition coefficient (Wildman–Crippen LogP) is -1.06. The molecule has 1 aliphatic heterocycles. The zero-order valence-corrected chi connectivity index (χ0v) is 11.4. The van der Waals surface area contributed by atoms with Crippen molar-refractivity contribution in [3.8, 4) is 0 Å². The SMILES string of the molecule is CCOC(=O)C1CCN(c2ncc(B(O)O)cn2)CC1. The third-order valence-corrected chi connectivity index (χ3v) is 3.35.